The molecule has 1 aromatic heterocycles. The van der Waals surface area contributed by atoms with Gasteiger partial charge in [-0.05, 0) is 19.4 Å². The van der Waals surface area contributed by atoms with Crippen molar-refractivity contribution in [3.63, 3.8) is 0 Å². The van der Waals surface area contributed by atoms with E-state index in [9.17, 15) is 8.78 Å². The molecular weight excluding hydrogens is 256 g/mol. The molecule has 0 aliphatic heterocycles. The molecule has 0 fully saturated rings. The third-order valence-electron chi connectivity index (χ3n) is 2.56. The average Bonchev–Trinajstić information content (AvgIpc) is 2.80. The van der Waals surface area contributed by atoms with E-state index in [0.29, 0.717) is 5.13 Å². The third-order valence-corrected chi connectivity index (χ3v) is 3.56. The summed E-state index contributed by atoms with van der Waals surface area (Å²) in [5.41, 5.74) is 0.281. The van der Waals surface area contributed by atoms with Gasteiger partial charge in [0.25, 0.3) is 0 Å². The SMILES string of the molecule is CCc1nnc(NC(C)c2cccc(F)c2F)s1. The summed E-state index contributed by atoms with van der Waals surface area (Å²) in [4.78, 5) is 0. The molecular formula is C12H13F2N3S. The molecule has 3 nitrogen and oxygen atoms in total. The summed E-state index contributed by atoms with van der Waals surface area (Å²) in [7, 11) is 0. The Morgan fingerprint density at radius 1 is 1.33 bits per heavy atom. The number of rotatable bonds is 4. The molecule has 0 bridgehead atoms. The van der Waals surface area contributed by atoms with Gasteiger partial charge in [0.1, 0.15) is 5.01 Å². The average molecular weight is 269 g/mol. The van der Waals surface area contributed by atoms with Gasteiger partial charge in [0.2, 0.25) is 5.13 Å². The smallest absolute Gasteiger partial charge is 0.206 e. The molecule has 1 unspecified atom stereocenters. The van der Waals surface area contributed by atoms with Crippen LogP contribution in [-0.4, -0.2) is 10.2 Å². The van der Waals surface area contributed by atoms with Gasteiger partial charge in [0.05, 0.1) is 6.04 Å². The normalized spacial score (nSPS) is 12.4. The second-order valence-corrected chi connectivity index (χ2v) is 4.93. The van der Waals surface area contributed by atoms with Gasteiger partial charge < -0.3 is 5.32 Å². The number of halogens is 2. The number of anilines is 1. The van der Waals surface area contributed by atoms with Crippen LogP contribution in [0.2, 0.25) is 0 Å². The van der Waals surface area contributed by atoms with Gasteiger partial charge in [0, 0.05) is 5.56 Å². The van der Waals surface area contributed by atoms with Crippen LogP contribution in [0.5, 0.6) is 0 Å². The Balaban J connectivity index is 2.16. The van der Waals surface area contributed by atoms with E-state index in [2.05, 4.69) is 15.5 Å². The maximum absolute atomic E-state index is 13.6. The zero-order valence-electron chi connectivity index (χ0n) is 10.1. The van der Waals surface area contributed by atoms with Crippen LogP contribution in [0.4, 0.5) is 13.9 Å². The molecule has 0 amide bonds. The summed E-state index contributed by atoms with van der Waals surface area (Å²) >= 11 is 1.42. The fraction of sp³-hybridized carbons (Fsp3) is 0.333. The van der Waals surface area contributed by atoms with Crippen molar-refractivity contribution in [2.24, 2.45) is 0 Å². The molecule has 0 radical (unpaired) electrons. The summed E-state index contributed by atoms with van der Waals surface area (Å²) in [5, 5.41) is 12.4. The highest BCUT2D eigenvalue weighted by atomic mass is 32.1. The maximum Gasteiger partial charge on any atom is 0.206 e. The molecule has 0 aliphatic rings. The second-order valence-electron chi connectivity index (χ2n) is 3.86. The number of benzene rings is 1. The monoisotopic (exact) mass is 269 g/mol. The van der Waals surface area contributed by atoms with E-state index in [4.69, 9.17) is 0 Å². The van der Waals surface area contributed by atoms with Crippen LogP contribution in [0, 0.1) is 11.6 Å². The van der Waals surface area contributed by atoms with E-state index in [1.165, 1.54) is 17.4 Å². The maximum atomic E-state index is 13.6. The first kappa shape index (κ1) is 12.9. The topological polar surface area (TPSA) is 37.8 Å². The number of hydrogen-bond acceptors (Lipinski definition) is 4. The van der Waals surface area contributed by atoms with Crippen molar-refractivity contribution in [1.29, 1.82) is 0 Å². The van der Waals surface area contributed by atoms with Gasteiger partial charge in [0.15, 0.2) is 11.6 Å². The molecule has 96 valence electrons. The van der Waals surface area contributed by atoms with Gasteiger partial charge in [-0.15, -0.1) is 10.2 Å². The molecule has 0 saturated carbocycles. The molecule has 2 rings (SSSR count). The second kappa shape index (κ2) is 5.39. The van der Waals surface area contributed by atoms with Gasteiger partial charge >= 0.3 is 0 Å². The van der Waals surface area contributed by atoms with Crippen molar-refractivity contribution < 1.29 is 8.78 Å². The predicted molar refractivity (Wildman–Crippen MR) is 67.7 cm³/mol. The Hall–Kier alpha value is -1.56. The van der Waals surface area contributed by atoms with Gasteiger partial charge in [-0.2, -0.15) is 0 Å². The van der Waals surface area contributed by atoms with Crippen LogP contribution in [0.3, 0.4) is 0 Å². The van der Waals surface area contributed by atoms with Crippen molar-refractivity contribution in [2.75, 3.05) is 5.32 Å². The van der Waals surface area contributed by atoms with E-state index in [0.717, 1.165) is 17.5 Å². The highest BCUT2D eigenvalue weighted by molar-refractivity contribution is 7.15. The fourth-order valence-electron chi connectivity index (χ4n) is 1.57. The number of nitrogens with zero attached hydrogens (tertiary/aromatic N) is 2. The largest absolute Gasteiger partial charge is 0.353 e. The molecule has 1 heterocycles. The molecule has 1 atom stereocenters. The minimum absolute atomic E-state index is 0.281. The Labute approximate surface area is 108 Å². The lowest BCUT2D eigenvalue weighted by Crippen LogP contribution is -2.09. The van der Waals surface area contributed by atoms with E-state index in [1.54, 1.807) is 13.0 Å². The summed E-state index contributed by atoms with van der Waals surface area (Å²) < 4.78 is 26.7. The first-order chi connectivity index (χ1) is 8.61. The quantitative estimate of drug-likeness (QED) is 0.922. The molecule has 1 aromatic carbocycles. The molecule has 1 N–H and O–H groups in total. The number of aromatic nitrogens is 2. The molecule has 2 aromatic rings. The lowest BCUT2D eigenvalue weighted by Gasteiger charge is -2.13. The van der Waals surface area contributed by atoms with Crippen molar-refractivity contribution in [3.8, 4) is 0 Å². The van der Waals surface area contributed by atoms with Gasteiger partial charge in [-0.25, -0.2) is 8.78 Å². The van der Waals surface area contributed by atoms with E-state index in [1.807, 2.05) is 6.92 Å². The summed E-state index contributed by atoms with van der Waals surface area (Å²) in [6, 6.07) is 3.78. The molecule has 0 spiro atoms. The number of aryl methyl sites for hydroxylation is 1. The standard InChI is InChI=1S/C12H13F2N3S/c1-3-10-16-17-12(18-10)15-7(2)8-5-4-6-9(13)11(8)14/h4-7H,3H2,1-2H3,(H,15,17). The minimum Gasteiger partial charge on any atom is -0.353 e. The Bertz CT molecular complexity index is 542. The highest BCUT2D eigenvalue weighted by Crippen LogP contribution is 2.25. The number of nitrogens with one attached hydrogen (secondary N) is 1. The lowest BCUT2D eigenvalue weighted by atomic mass is 10.1. The van der Waals surface area contributed by atoms with Crippen molar-refractivity contribution in [3.05, 3.63) is 40.4 Å². The van der Waals surface area contributed by atoms with E-state index in [-0.39, 0.29) is 11.6 Å². The van der Waals surface area contributed by atoms with Crippen LogP contribution in [0.15, 0.2) is 18.2 Å². The van der Waals surface area contributed by atoms with Crippen molar-refractivity contribution >= 4 is 16.5 Å². The fourth-order valence-corrected chi connectivity index (χ4v) is 2.34. The van der Waals surface area contributed by atoms with Gasteiger partial charge in [-0.3, -0.25) is 0 Å². The minimum atomic E-state index is -0.840. The van der Waals surface area contributed by atoms with E-state index < -0.39 is 11.6 Å². The van der Waals surface area contributed by atoms with Crippen molar-refractivity contribution in [1.82, 2.24) is 10.2 Å². The lowest BCUT2D eigenvalue weighted by molar-refractivity contribution is 0.494. The zero-order valence-corrected chi connectivity index (χ0v) is 10.9. The summed E-state index contributed by atoms with van der Waals surface area (Å²) in [6.07, 6.45) is 0.808. The Kier molecular flexibility index (Phi) is 3.86. The van der Waals surface area contributed by atoms with Crippen LogP contribution >= 0.6 is 11.3 Å². The molecule has 18 heavy (non-hydrogen) atoms. The molecule has 6 heteroatoms. The first-order valence-electron chi connectivity index (χ1n) is 5.64. The number of hydrogen-bond donors (Lipinski definition) is 1. The predicted octanol–water partition coefficient (Wildman–Crippen LogP) is 3.55. The Morgan fingerprint density at radius 2 is 2.11 bits per heavy atom. The van der Waals surface area contributed by atoms with Crippen LogP contribution in [0.1, 0.15) is 30.5 Å². The summed E-state index contributed by atoms with van der Waals surface area (Å²) in [5.74, 6) is -1.66. The zero-order chi connectivity index (χ0) is 13.1. The molecule has 0 aliphatic carbocycles. The Morgan fingerprint density at radius 3 is 2.78 bits per heavy atom. The third kappa shape index (κ3) is 2.64. The van der Waals surface area contributed by atoms with Crippen molar-refractivity contribution in [2.45, 2.75) is 26.3 Å². The summed E-state index contributed by atoms with van der Waals surface area (Å²) in [6.45, 7) is 3.74. The van der Waals surface area contributed by atoms with E-state index >= 15 is 0 Å². The van der Waals surface area contributed by atoms with Gasteiger partial charge in [-0.1, -0.05) is 30.4 Å². The van der Waals surface area contributed by atoms with Crippen LogP contribution < -0.4 is 5.32 Å². The van der Waals surface area contributed by atoms with Crippen LogP contribution in [-0.2, 0) is 6.42 Å². The highest BCUT2D eigenvalue weighted by Gasteiger charge is 2.15. The first-order valence-corrected chi connectivity index (χ1v) is 6.46. The molecule has 0 saturated heterocycles. The van der Waals surface area contributed by atoms with Crippen LogP contribution in [0.25, 0.3) is 0 Å².